The minimum atomic E-state index is -0.771. The summed E-state index contributed by atoms with van der Waals surface area (Å²) in [5.41, 5.74) is -1.01. The molecule has 2 amide bonds. The number of rotatable bonds is 8. The van der Waals surface area contributed by atoms with Crippen LogP contribution in [0.1, 0.15) is 69.7 Å². The van der Waals surface area contributed by atoms with E-state index in [2.05, 4.69) is 21.9 Å². The highest BCUT2D eigenvalue weighted by Gasteiger charge is 2.29. The van der Waals surface area contributed by atoms with Crippen LogP contribution in [-0.2, 0) is 11.2 Å². The fourth-order valence-corrected chi connectivity index (χ4v) is 3.73. The number of hydrogen-bond acceptors (Lipinski definition) is 7. The topological polar surface area (TPSA) is 145 Å². The number of aromatic amines is 1. The Labute approximate surface area is 223 Å². The zero-order chi connectivity index (χ0) is 28.9. The maximum absolute atomic E-state index is 11.9. The Balaban J connectivity index is 0.000000389. The molecule has 4 N–H and O–H groups in total. The highest BCUT2D eigenvalue weighted by Crippen LogP contribution is 2.27. The van der Waals surface area contributed by atoms with E-state index in [0.717, 1.165) is 31.8 Å². The summed E-state index contributed by atoms with van der Waals surface area (Å²) in [5, 5.41) is 21.2. The number of amides is 2. The number of aromatic hydroxyl groups is 1. The van der Waals surface area contributed by atoms with E-state index in [1.807, 2.05) is 20.8 Å². The molecule has 1 aromatic heterocycles. The second kappa shape index (κ2) is 15.7. The molecule has 1 aliphatic carbocycles. The van der Waals surface area contributed by atoms with Gasteiger partial charge in [0, 0.05) is 32.7 Å². The standard InChI is InChI=1S/C14H16FN3O3.C13H25NO3/c1-3-9(6-5-7-15)8-16-13(20)11-12(19)14(21)18-10(4-2)17-11;1-13(2,3)17-12(16)14(4)11-7-5-6-10(8-11)9-15/h3,5-7,19H,1,4,8H2,2H3,(H,16,20)(H,17,18,21);10-11,15H,5-9H2,1-4H3/b7-5+,9-6+;. The summed E-state index contributed by atoms with van der Waals surface area (Å²) in [4.78, 5) is 43.2. The Bertz CT molecular complexity index is 1060. The second-order valence-electron chi connectivity index (χ2n) is 9.97. The molecule has 1 heterocycles. The summed E-state index contributed by atoms with van der Waals surface area (Å²) in [7, 11) is 1.79. The quantitative estimate of drug-likeness (QED) is 0.370. The van der Waals surface area contributed by atoms with E-state index in [9.17, 15) is 29.0 Å². The number of aromatic nitrogens is 2. The van der Waals surface area contributed by atoms with Crippen molar-refractivity contribution in [3.8, 4) is 5.75 Å². The smallest absolute Gasteiger partial charge is 0.410 e. The molecular weight excluding hydrogens is 495 g/mol. The number of ether oxygens (including phenoxy) is 1. The van der Waals surface area contributed by atoms with Gasteiger partial charge in [0.2, 0.25) is 5.75 Å². The van der Waals surface area contributed by atoms with Crippen LogP contribution in [0.4, 0.5) is 9.18 Å². The molecule has 2 unspecified atom stereocenters. The molecule has 11 heteroatoms. The Morgan fingerprint density at radius 1 is 1.34 bits per heavy atom. The Kier molecular flexibility index (Phi) is 13.5. The number of aryl methyl sites for hydroxylation is 1. The predicted molar refractivity (Wildman–Crippen MR) is 144 cm³/mol. The van der Waals surface area contributed by atoms with E-state index in [1.54, 1.807) is 18.9 Å². The lowest BCUT2D eigenvalue weighted by molar-refractivity contribution is 0.0143. The van der Waals surface area contributed by atoms with Crippen LogP contribution in [0.5, 0.6) is 5.75 Å². The molecule has 1 saturated carbocycles. The third kappa shape index (κ3) is 10.9. The lowest BCUT2D eigenvalue weighted by atomic mass is 9.86. The number of nitrogens with one attached hydrogen (secondary N) is 2. The SMILES string of the molecule is C=C/C(=C\C=C\F)CNC(=O)c1nc(CC)[nH]c(=O)c1O.CN(C(=O)OC(C)(C)C)C1CCCC(CO)C1. The van der Waals surface area contributed by atoms with Crippen LogP contribution in [0.25, 0.3) is 0 Å². The molecule has 1 fully saturated rings. The van der Waals surface area contributed by atoms with Crippen molar-refractivity contribution in [3.05, 3.63) is 58.6 Å². The molecular formula is C27H41FN4O6. The van der Waals surface area contributed by atoms with Gasteiger partial charge < -0.3 is 30.2 Å². The Morgan fingerprint density at radius 2 is 2.03 bits per heavy atom. The first-order chi connectivity index (χ1) is 17.9. The molecule has 38 heavy (non-hydrogen) atoms. The molecule has 0 aromatic carbocycles. The van der Waals surface area contributed by atoms with Crippen molar-refractivity contribution in [3.63, 3.8) is 0 Å². The summed E-state index contributed by atoms with van der Waals surface area (Å²) in [6.45, 7) is 11.2. The molecule has 1 aromatic rings. The van der Waals surface area contributed by atoms with Gasteiger partial charge in [-0.2, -0.15) is 0 Å². The van der Waals surface area contributed by atoms with E-state index < -0.39 is 22.8 Å². The van der Waals surface area contributed by atoms with Gasteiger partial charge in [-0.25, -0.2) is 14.2 Å². The van der Waals surface area contributed by atoms with Gasteiger partial charge >= 0.3 is 6.09 Å². The maximum atomic E-state index is 11.9. The van der Waals surface area contributed by atoms with E-state index in [4.69, 9.17) is 4.74 Å². The van der Waals surface area contributed by atoms with Crippen molar-refractivity contribution in [2.75, 3.05) is 20.2 Å². The predicted octanol–water partition coefficient (Wildman–Crippen LogP) is 3.77. The monoisotopic (exact) mass is 536 g/mol. The normalized spacial score (nSPS) is 17.8. The highest BCUT2D eigenvalue weighted by molar-refractivity contribution is 5.94. The zero-order valence-corrected chi connectivity index (χ0v) is 22.9. The van der Waals surface area contributed by atoms with Gasteiger partial charge in [0.25, 0.3) is 11.5 Å². The highest BCUT2D eigenvalue weighted by atomic mass is 19.1. The van der Waals surface area contributed by atoms with Crippen LogP contribution in [0.3, 0.4) is 0 Å². The Morgan fingerprint density at radius 3 is 2.58 bits per heavy atom. The summed E-state index contributed by atoms with van der Waals surface area (Å²) >= 11 is 0. The van der Waals surface area contributed by atoms with Crippen molar-refractivity contribution in [1.29, 1.82) is 0 Å². The van der Waals surface area contributed by atoms with Crippen molar-refractivity contribution in [2.24, 2.45) is 5.92 Å². The number of aliphatic hydroxyl groups excluding tert-OH is 1. The van der Waals surface area contributed by atoms with Crippen LogP contribution in [0.15, 0.2) is 41.5 Å². The molecule has 212 valence electrons. The minimum absolute atomic E-state index is 0.0576. The average Bonchev–Trinajstić information content (AvgIpc) is 2.89. The van der Waals surface area contributed by atoms with E-state index >= 15 is 0 Å². The average molecular weight is 537 g/mol. The number of nitrogens with zero attached hydrogens (tertiary/aromatic N) is 2. The fourth-order valence-electron chi connectivity index (χ4n) is 3.73. The van der Waals surface area contributed by atoms with Crippen LogP contribution < -0.4 is 10.9 Å². The Hall–Kier alpha value is -3.47. The molecule has 0 saturated heterocycles. The number of aliphatic hydroxyl groups is 1. The molecule has 0 bridgehead atoms. The number of allylic oxidation sites excluding steroid dienone is 2. The number of hydrogen-bond donors (Lipinski definition) is 4. The molecule has 0 radical (unpaired) electrons. The van der Waals surface area contributed by atoms with Crippen molar-refractivity contribution in [1.82, 2.24) is 20.2 Å². The number of carbonyl (C=O) groups excluding carboxylic acids is 2. The summed E-state index contributed by atoms with van der Waals surface area (Å²) < 4.78 is 17.3. The van der Waals surface area contributed by atoms with Crippen LogP contribution in [-0.4, -0.2) is 68.9 Å². The second-order valence-corrected chi connectivity index (χ2v) is 9.97. The van der Waals surface area contributed by atoms with Crippen molar-refractivity contribution >= 4 is 12.0 Å². The zero-order valence-electron chi connectivity index (χ0n) is 22.9. The fraction of sp³-hybridized carbons (Fsp3) is 0.556. The number of halogens is 1. The summed E-state index contributed by atoms with van der Waals surface area (Å²) in [5.74, 6) is -0.816. The number of H-pyrrole nitrogens is 1. The third-order valence-electron chi connectivity index (χ3n) is 5.83. The first-order valence-electron chi connectivity index (χ1n) is 12.6. The molecule has 2 rings (SSSR count). The van der Waals surface area contributed by atoms with Gasteiger partial charge in [-0.15, -0.1) is 0 Å². The van der Waals surface area contributed by atoms with Gasteiger partial charge in [0.05, 0.1) is 6.33 Å². The van der Waals surface area contributed by atoms with Crippen LogP contribution >= 0.6 is 0 Å². The maximum Gasteiger partial charge on any atom is 0.410 e. The summed E-state index contributed by atoms with van der Waals surface area (Å²) in [6, 6.07) is 0.204. The van der Waals surface area contributed by atoms with Crippen molar-refractivity contribution in [2.45, 2.75) is 71.4 Å². The molecule has 10 nitrogen and oxygen atoms in total. The van der Waals surface area contributed by atoms with Crippen LogP contribution in [0.2, 0.25) is 0 Å². The van der Waals surface area contributed by atoms with Gasteiger partial charge in [-0.3, -0.25) is 9.59 Å². The third-order valence-corrected chi connectivity index (χ3v) is 5.83. The minimum Gasteiger partial charge on any atom is -0.501 e. The van der Waals surface area contributed by atoms with Crippen molar-refractivity contribution < 1.29 is 28.9 Å². The van der Waals surface area contributed by atoms with Crippen LogP contribution in [0, 0.1) is 5.92 Å². The molecule has 0 aliphatic heterocycles. The van der Waals surface area contributed by atoms with E-state index in [1.165, 1.54) is 12.2 Å². The molecule has 2 atom stereocenters. The van der Waals surface area contributed by atoms with E-state index in [0.29, 0.717) is 30.1 Å². The molecule has 1 aliphatic rings. The number of carbonyl (C=O) groups is 2. The first kappa shape index (κ1) is 32.6. The van der Waals surface area contributed by atoms with Gasteiger partial charge in [0.15, 0.2) is 5.69 Å². The molecule has 0 spiro atoms. The van der Waals surface area contributed by atoms with Gasteiger partial charge in [-0.1, -0.05) is 32.1 Å². The van der Waals surface area contributed by atoms with Gasteiger partial charge in [-0.05, 0) is 57.6 Å². The van der Waals surface area contributed by atoms with E-state index in [-0.39, 0.29) is 31.0 Å². The van der Waals surface area contributed by atoms with Gasteiger partial charge in [0.1, 0.15) is 11.4 Å². The lowest BCUT2D eigenvalue weighted by Gasteiger charge is -2.35. The summed E-state index contributed by atoms with van der Waals surface area (Å²) in [6.07, 6.45) is 8.55. The lowest BCUT2D eigenvalue weighted by Crippen LogP contribution is -2.43. The largest absolute Gasteiger partial charge is 0.501 e. The first-order valence-corrected chi connectivity index (χ1v) is 12.6.